The van der Waals surface area contributed by atoms with Gasteiger partial charge in [0.2, 0.25) is 5.91 Å². The lowest BCUT2D eigenvalue weighted by Crippen LogP contribution is -2.21. The minimum atomic E-state index is -3.86. The summed E-state index contributed by atoms with van der Waals surface area (Å²) in [5.41, 5.74) is 0.591. The van der Waals surface area contributed by atoms with E-state index in [1.165, 1.54) is 25.1 Å². The van der Waals surface area contributed by atoms with E-state index in [2.05, 4.69) is 10.0 Å². The van der Waals surface area contributed by atoms with E-state index in [-0.39, 0.29) is 17.9 Å². The SMILES string of the molecule is CC(=O)CC(=O)Nc1cccc(NS(N)(=O)=O)c1. The molecule has 7 nitrogen and oxygen atoms in total. The number of hydrogen-bond donors (Lipinski definition) is 3. The maximum Gasteiger partial charge on any atom is 0.296 e. The van der Waals surface area contributed by atoms with E-state index in [1.807, 2.05) is 0 Å². The normalized spacial score (nSPS) is 10.8. The highest BCUT2D eigenvalue weighted by atomic mass is 32.2. The third-order valence-corrected chi connectivity index (χ3v) is 2.34. The molecule has 0 aliphatic heterocycles. The summed E-state index contributed by atoms with van der Waals surface area (Å²) in [4.78, 5) is 22.1. The van der Waals surface area contributed by atoms with Gasteiger partial charge in [0.25, 0.3) is 10.2 Å². The summed E-state index contributed by atoms with van der Waals surface area (Å²) < 4.78 is 23.7. The summed E-state index contributed by atoms with van der Waals surface area (Å²) >= 11 is 0. The number of carbonyl (C=O) groups excluding carboxylic acids is 2. The highest BCUT2D eigenvalue weighted by Gasteiger charge is 2.07. The molecule has 0 aliphatic rings. The van der Waals surface area contributed by atoms with Crippen LogP contribution in [0.15, 0.2) is 24.3 Å². The van der Waals surface area contributed by atoms with Gasteiger partial charge in [-0.05, 0) is 25.1 Å². The summed E-state index contributed by atoms with van der Waals surface area (Å²) in [6, 6.07) is 5.97. The van der Waals surface area contributed by atoms with Crippen molar-refractivity contribution in [3.63, 3.8) is 0 Å². The van der Waals surface area contributed by atoms with Crippen LogP contribution in [0.4, 0.5) is 11.4 Å². The van der Waals surface area contributed by atoms with Crippen LogP contribution < -0.4 is 15.2 Å². The lowest BCUT2D eigenvalue weighted by Gasteiger charge is -2.07. The van der Waals surface area contributed by atoms with Crippen molar-refractivity contribution in [2.75, 3.05) is 10.0 Å². The molecule has 0 aromatic heterocycles. The zero-order valence-corrected chi connectivity index (χ0v) is 10.5. The Hall–Kier alpha value is -1.93. The fourth-order valence-corrected chi connectivity index (χ4v) is 1.71. The molecule has 1 aromatic carbocycles. The molecule has 0 saturated heterocycles. The lowest BCUT2D eigenvalue weighted by atomic mass is 10.2. The van der Waals surface area contributed by atoms with E-state index in [1.54, 1.807) is 6.07 Å². The van der Waals surface area contributed by atoms with Crippen LogP contribution in [-0.4, -0.2) is 20.1 Å². The fraction of sp³-hybridized carbons (Fsp3) is 0.200. The van der Waals surface area contributed by atoms with Gasteiger partial charge in [0.05, 0.1) is 12.1 Å². The first kappa shape index (κ1) is 14.1. The van der Waals surface area contributed by atoms with Crippen LogP contribution >= 0.6 is 0 Å². The topological polar surface area (TPSA) is 118 Å². The summed E-state index contributed by atoms with van der Waals surface area (Å²) in [5.74, 6) is -0.721. The van der Waals surface area contributed by atoms with Gasteiger partial charge in [-0.25, -0.2) is 5.14 Å². The smallest absolute Gasteiger partial charge is 0.296 e. The Morgan fingerprint density at radius 1 is 1.28 bits per heavy atom. The van der Waals surface area contributed by atoms with E-state index in [0.29, 0.717) is 5.69 Å². The molecular formula is C10H13N3O4S. The van der Waals surface area contributed by atoms with Gasteiger partial charge in [0, 0.05) is 5.69 Å². The van der Waals surface area contributed by atoms with Crippen LogP contribution in [0.5, 0.6) is 0 Å². The molecule has 0 heterocycles. The van der Waals surface area contributed by atoms with Crippen LogP contribution in [0.25, 0.3) is 0 Å². The molecule has 0 atom stereocenters. The number of hydrogen-bond acceptors (Lipinski definition) is 4. The lowest BCUT2D eigenvalue weighted by molar-refractivity contribution is -0.124. The molecule has 8 heteroatoms. The van der Waals surface area contributed by atoms with Crippen molar-refractivity contribution in [3.8, 4) is 0 Å². The second-order valence-corrected chi connectivity index (χ2v) is 4.95. The van der Waals surface area contributed by atoms with Crippen molar-refractivity contribution in [1.29, 1.82) is 0 Å². The van der Waals surface area contributed by atoms with Crippen LogP contribution in [0.3, 0.4) is 0 Å². The minimum absolute atomic E-state index is 0.220. The highest BCUT2D eigenvalue weighted by molar-refractivity contribution is 7.90. The molecule has 1 aromatic rings. The predicted octanol–water partition coefficient (Wildman–Crippen LogP) is 0.220. The van der Waals surface area contributed by atoms with E-state index in [0.717, 1.165) is 0 Å². The van der Waals surface area contributed by atoms with Crippen molar-refractivity contribution in [2.24, 2.45) is 5.14 Å². The van der Waals surface area contributed by atoms with E-state index >= 15 is 0 Å². The number of ketones is 1. The molecule has 0 saturated carbocycles. The Morgan fingerprint density at radius 2 is 1.89 bits per heavy atom. The molecule has 0 spiro atoms. The zero-order chi connectivity index (χ0) is 13.8. The molecule has 1 amide bonds. The molecule has 0 bridgehead atoms. The number of Topliss-reactive ketones (excluding diaryl/α,β-unsaturated/α-hetero) is 1. The van der Waals surface area contributed by atoms with E-state index < -0.39 is 16.1 Å². The van der Waals surface area contributed by atoms with Gasteiger partial charge >= 0.3 is 0 Å². The maximum absolute atomic E-state index is 11.3. The van der Waals surface area contributed by atoms with Gasteiger partial charge in [0.1, 0.15) is 5.78 Å². The third-order valence-electron chi connectivity index (χ3n) is 1.82. The Bertz CT molecular complexity index is 568. The average Bonchev–Trinajstić information content (AvgIpc) is 2.13. The summed E-state index contributed by atoms with van der Waals surface area (Å²) in [6.45, 7) is 1.30. The Labute approximate surface area is 105 Å². The summed E-state index contributed by atoms with van der Waals surface area (Å²) in [5, 5.41) is 7.28. The minimum Gasteiger partial charge on any atom is -0.326 e. The molecule has 0 unspecified atom stereocenters. The zero-order valence-electron chi connectivity index (χ0n) is 9.64. The average molecular weight is 271 g/mol. The van der Waals surface area contributed by atoms with Gasteiger partial charge in [-0.3, -0.25) is 14.3 Å². The second-order valence-electron chi connectivity index (χ2n) is 3.65. The number of anilines is 2. The van der Waals surface area contributed by atoms with Gasteiger partial charge in [-0.1, -0.05) is 6.07 Å². The molecule has 0 fully saturated rings. The van der Waals surface area contributed by atoms with Crippen LogP contribution in [0, 0.1) is 0 Å². The van der Waals surface area contributed by atoms with Crippen LogP contribution in [0.1, 0.15) is 13.3 Å². The van der Waals surface area contributed by atoms with Gasteiger partial charge < -0.3 is 5.32 Å². The molecule has 98 valence electrons. The Morgan fingerprint density at radius 3 is 2.44 bits per heavy atom. The molecule has 0 radical (unpaired) electrons. The fourth-order valence-electron chi connectivity index (χ4n) is 1.26. The quantitative estimate of drug-likeness (QED) is 0.664. The number of carbonyl (C=O) groups is 2. The van der Waals surface area contributed by atoms with Gasteiger partial charge in [-0.15, -0.1) is 0 Å². The number of nitrogens with one attached hydrogen (secondary N) is 2. The Kier molecular flexibility index (Phi) is 4.40. The maximum atomic E-state index is 11.3. The van der Waals surface area contributed by atoms with Crippen LogP contribution in [-0.2, 0) is 19.8 Å². The van der Waals surface area contributed by atoms with Gasteiger partial charge in [-0.2, -0.15) is 8.42 Å². The number of amides is 1. The van der Waals surface area contributed by atoms with Crippen LogP contribution in [0.2, 0.25) is 0 Å². The van der Waals surface area contributed by atoms with Crippen molar-refractivity contribution >= 4 is 33.3 Å². The second kappa shape index (κ2) is 5.61. The van der Waals surface area contributed by atoms with E-state index in [4.69, 9.17) is 5.14 Å². The summed E-state index contributed by atoms with van der Waals surface area (Å²) in [6.07, 6.45) is -0.229. The first-order valence-corrected chi connectivity index (χ1v) is 6.51. The number of benzene rings is 1. The van der Waals surface area contributed by atoms with Gasteiger partial charge in [0.15, 0.2) is 0 Å². The van der Waals surface area contributed by atoms with Crippen molar-refractivity contribution < 1.29 is 18.0 Å². The monoisotopic (exact) mass is 271 g/mol. The van der Waals surface area contributed by atoms with Crippen molar-refractivity contribution in [2.45, 2.75) is 13.3 Å². The predicted molar refractivity (Wildman–Crippen MR) is 67.1 cm³/mol. The number of rotatable bonds is 5. The summed E-state index contributed by atoms with van der Waals surface area (Å²) in [7, 11) is -3.86. The van der Waals surface area contributed by atoms with Crippen molar-refractivity contribution in [1.82, 2.24) is 0 Å². The highest BCUT2D eigenvalue weighted by Crippen LogP contribution is 2.15. The molecule has 1 rings (SSSR count). The number of nitrogens with two attached hydrogens (primary N) is 1. The molecule has 18 heavy (non-hydrogen) atoms. The Balaban J connectivity index is 2.76. The van der Waals surface area contributed by atoms with E-state index in [9.17, 15) is 18.0 Å². The first-order valence-electron chi connectivity index (χ1n) is 4.96. The third kappa shape index (κ3) is 5.41. The largest absolute Gasteiger partial charge is 0.326 e. The molecule has 0 aliphatic carbocycles. The molecule has 4 N–H and O–H groups in total. The van der Waals surface area contributed by atoms with Crippen molar-refractivity contribution in [3.05, 3.63) is 24.3 Å². The first-order chi connectivity index (χ1) is 8.26. The standard InChI is InChI=1S/C10H13N3O4S/c1-7(14)5-10(15)12-8-3-2-4-9(6-8)13-18(11,16)17/h2-4,6,13H,5H2,1H3,(H,12,15)(H2,11,16,17). The molecular weight excluding hydrogens is 258 g/mol.